The molecule has 1 amide bonds. The van der Waals surface area contributed by atoms with Gasteiger partial charge in [0.2, 0.25) is 0 Å². The van der Waals surface area contributed by atoms with Crippen LogP contribution in [-0.2, 0) is 4.74 Å². The Bertz CT molecular complexity index is 837. The first-order valence-electron chi connectivity index (χ1n) is 12.5. The number of benzene rings is 1. The minimum atomic E-state index is -0.435. The third-order valence-corrected chi connectivity index (χ3v) is 7.16. The van der Waals surface area contributed by atoms with Gasteiger partial charge in [-0.15, -0.1) is 0 Å². The maximum atomic E-state index is 12.3. The number of rotatable bonds is 5. The van der Waals surface area contributed by atoms with Gasteiger partial charge >= 0.3 is 11.8 Å². The van der Waals surface area contributed by atoms with Crippen molar-refractivity contribution in [3.63, 3.8) is 0 Å². The predicted molar refractivity (Wildman–Crippen MR) is 132 cm³/mol. The zero-order chi connectivity index (χ0) is 23.5. The van der Waals surface area contributed by atoms with Crippen molar-refractivity contribution >= 4 is 17.5 Å². The summed E-state index contributed by atoms with van der Waals surface area (Å²) in [7, 11) is 0. The lowest BCUT2D eigenvalue weighted by Gasteiger charge is -2.39. The summed E-state index contributed by atoms with van der Waals surface area (Å²) < 4.78 is 5.51. The molecule has 0 atom stereocenters. The van der Waals surface area contributed by atoms with Crippen molar-refractivity contribution in [3.05, 3.63) is 35.7 Å². The average molecular weight is 454 g/mol. The van der Waals surface area contributed by atoms with Crippen molar-refractivity contribution in [2.45, 2.75) is 64.1 Å². The van der Waals surface area contributed by atoms with Gasteiger partial charge < -0.3 is 19.9 Å². The number of nitrogens with one attached hydrogen (secondary N) is 1. The molecule has 1 saturated carbocycles. The van der Waals surface area contributed by atoms with Gasteiger partial charge in [-0.05, 0) is 70.2 Å². The molecule has 0 unspecified atom stereocenters. The van der Waals surface area contributed by atoms with E-state index in [9.17, 15) is 4.79 Å². The van der Waals surface area contributed by atoms with Crippen LogP contribution < -0.4 is 10.2 Å². The summed E-state index contributed by atoms with van der Waals surface area (Å²) in [6, 6.07) is 8.62. The van der Waals surface area contributed by atoms with Crippen LogP contribution in [0.5, 0.6) is 0 Å². The van der Waals surface area contributed by atoms with Crippen LogP contribution in [0.1, 0.15) is 52.9 Å². The van der Waals surface area contributed by atoms with Crippen LogP contribution in [0.25, 0.3) is 4.85 Å². The van der Waals surface area contributed by atoms with Crippen molar-refractivity contribution in [2.75, 3.05) is 56.0 Å². The van der Waals surface area contributed by atoms with Gasteiger partial charge in [0, 0.05) is 70.0 Å². The number of carbonyl (C=O) groups excluding carboxylic acids is 1. The average Bonchev–Trinajstić information content (AvgIpc) is 2.77. The van der Waals surface area contributed by atoms with Gasteiger partial charge in [0.15, 0.2) is 0 Å². The molecule has 0 bridgehead atoms. The van der Waals surface area contributed by atoms with E-state index in [0.29, 0.717) is 5.92 Å². The topological polar surface area (TPSA) is 52.4 Å². The molecule has 0 spiro atoms. The van der Waals surface area contributed by atoms with E-state index in [0.717, 1.165) is 70.8 Å². The highest BCUT2D eigenvalue weighted by Crippen LogP contribution is 2.37. The Balaban J connectivity index is 1.18. The summed E-state index contributed by atoms with van der Waals surface area (Å²) in [5.41, 5.74) is 1.53. The Morgan fingerprint density at radius 1 is 1.09 bits per heavy atom. The molecule has 2 saturated heterocycles. The van der Waals surface area contributed by atoms with Gasteiger partial charge in [-0.25, -0.2) is 11.4 Å². The zero-order valence-corrected chi connectivity index (χ0v) is 20.5. The molecule has 1 aromatic rings. The smallest absolute Gasteiger partial charge is 0.410 e. The fourth-order valence-corrected chi connectivity index (χ4v) is 4.98. The number of nitrogens with zero attached hydrogens (tertiary/aromatic N) is 4. The predicted octanol–water partition coefficient (Wildman–Crippen LogP) is 4.67. The van der Waals surface area contributed by atoms with E-state index in [-0.39, 0.29) is 11.8 Å². The molecule has 3 aliphatic rings. The lowest BCUT2D eigenvalue weighted by atomic mass is 9.85. The molecule has 4 rings (SSSR count). The molecular weight excluding hydrogens is 414 g/mol. The molecule has 33 heavy (non-hydrogen) atoms. The summed E-state index contributed by atoms with van der Waals surface area (Å²) in [6.07, 6.45) is 5.25. The van der Waals surface area contributed by atoms with Crippen LogP contribution in [0.4, 0.5) is 16.2 Å². The number of anilines is 2. The second-order valence-electron chi connectivity index (χ2n) is 10.9. The number of piperidine rings is 1. The molecule has 7 nitrogen and oxygen atoms in total. The maximum Gasteiger partial charge on any atom is 0.410 e. The van der Waals surface area contributed by atoms with Crippen molar-refractivity contribution in [3.8, 4) is 0 Å². The Morgan fingerprint density at radius 2 is 1.73 bits per heavy atom. The van der Waals surface area contributed by atoms with Gasteiger partial charge in [0.1, 0.15) is 5.60 Å². The first-order chi connectivity index (χ1) is 15.8. The minimum absolute atomic E-state index is 0.186. The van der Waals surface area contributed by atoms with E-state index in [1.165, 1.54) is 18.5 Å². The number of ether oxygens (including phenoxy) is 1. The van der Waals surface area contributed by atoms with Gasteiger partial charge in [-0.3, -0.25) is 9.74 Å². The number of piperazine rings is 1. The van der Waals surface area contributed by atoms with E-state index in [4.69, 9.17) is 11.3 Å². The highest BCUT2D eigenvalue weighted by molar-refractivity contribution is 5.68. The quantitative estimate of drug-likeness (QED) is 0.657. The minimum Gasteiger partial charge on any atom is -0.444 e. The largest absolute Gasteiger partial charge is 0.444 e. The summed E-state index contributed by atoms with van der Waals surface area (Å²) in [5.74, 6) is 0.715. The Hall–Kier alpha value is -2.46. The molecule has 1 N–H and O–H groups in total. The van der Waals surface area contributed by atoms with Crippen molar-refractivity contribution < 1.29 is 9.53 Å². The first kappa shape index (κ1) is 23.7. The molecule has 2 heterocycles. The normalized spacial score (nSPS) is 21.8. The molecule has 3 fully saturated rings. The highest BCUT2D eigenvalue weighted by atomic mass is 16.6. The Morgan fingerprint density at radius 3 is 2.24 bits per heavy atom. The number of carbonyl (C=O) groups is 1. The number of hydrogen-bond acceptors (Lipinski definition) is 5. The summed E-state index contributed by atoms with van der Waals surface area (Å²) in [6.45, 7) is 19.9. The fourth-order valence-electron chi connectivity index (χ4n) is 4.98. The summed E-state index contributed by atoms with van der Waals surface area (Å²) >= 11 is 0. The van der Waals surface area contributed by atoms with Crippen LogP contribution in [0.15, 0.2) is 24.3 Å². The lowest BCUT2D eigenvalue weighted by molar-refractivity contribution is 0.0130. The van der Waals surface area contributed by atoms with Crippen LogP contribution in [0.2, 0.25) is 0 Å². The molecule has 180 valence electrons. The number of hydrogen-bond donors (Lipinski definition) is 1. The van der Waals surface area contributed by atoms with Crippen LogP contribution in [0, 0.1) is 12.5 Å². The Kier molecular flexibility index (Phi) is 7.04. The maximum absolute atomic E-state index is 12.3. The molecular formula is C26H39N5O2. The van der Waals surface area contributed by atoms with E-state index in [1.54, 1.807) is 0 Å². The van der Waals surface area contributed by atoms with E-state index >= 15 is 0 Å². The highest BCUT2D eigenvalue weighted by Gasteiger charge is 2.43. The van der Waals surface area contributed by atoms with Crippen LogP contribution in [-0.4, -0.2) is 73.0 Å². The van der Waals surface area contributed by atoms with Crippen molar-refractivity contribution in [1.82, 2.24) is 9.80 Å². The Labute approximate surface area is 198 Å². The van der Waals surface area contributed by atoms with Crippen LogP contribution >= 0.6 is 0 Å². The second kappa shape index (κ2) is 9.80. The molecule has 0 radical (unpaired) electrons. The van der Waals surface area contributed by atoms with E-state index < -0.39 is 5.60 Å². The van der Waals surface area contributed by atoms with Gasteiger partial charge in [0.25, 0.3) is 0 Å². The van der Waals surface area contributed by atoms with Gasteiger partial charge in [-0.1, -0.05) is 0 Å². The number of amides is 1. The van der Waals surface area contributed by atoms with E-state index in [1.807, 2.05) is 25.7 Å². The molecule has 7 heteroatoms. The monoisotopic (exact) mass is 453 g/mol. The molecule has 0 aromatic heterocycles. The van der Waals surface area contributed by atoms with Crippen molar-refractivity contribution in [1.29, 1.82) is 0 Å². The third kappa shape index (κ3) is 6.11. The van der Waals surface area contributed by atoms with Gasteiger partial charge in [0.05, 0.1) is 0 Å². The third-order valence-electron chi connectivity index (χ3n) is 7.16. The summed E-state index contributed by atoms with van der Waals surface area (Å²) in [4.78, 5) is 22.9. The molecule has 1 aliphatic carbocycles. The SMILES string of the molecule is [C-]#[N+]C1(Nc2ccc(N3CCC(CN4CCN(C(=O)OC(C)(C)C)CC4)CC3)cc2)CCC1. The van der Waals surface area contributed by atoms with Gasteiger partial charge in [-0.2, -0.15) is 0 Å². The standard InChI is InChI=1S/C26H39N5O2/c1-25(2,3)33-24(32)31-18-16-29(17-19-31)20-21-10-14-30(15-11-21)23-8-6-22(7-9-23)28-26(27-4)12-5-13-26/h6-9,21,28H,5,10-20H2,1-3H3. The van der Waals surface area contributed by atoms with E-state index in [2.05, 4.69) is 44.2 Å². The second-order valence-corrected chi connectivity index (χ2v) is 10.9. The lowest BCUT2D eigenvalue weighted by Crippen LogP contribution is -2.51. The zero-order valence-electron chi connectivity index (χ0n) is 20.5. The van der Waals surface area contributed by atoms with Crippen LogP contribution in [0.3, 0.4) is 0 Å². The summed E-state index contributed by atoms with van der Waals surface area (Å²) in [5, 5.41) is 3.43. The molecule has 2 aliphatic heterocycles. The molecule has 1 aromatic carbocycles. The van der Waals surface area contributed by atoms with Crippen molar-refractivity contribution in [2.24, 2.45) is 5.92 Å². The fraction of sp³-hybridized carbons (Fsp3) is 0.692. The first-order valence-corrected chi connectivity index (χ1v) is 12.5.